The van der Waals surface area contributed by atoms with Crippen LogP contribution >= 0.6 is 0 Å². The Morgan fingerprint density at radius 1 is 1.40 bits per heavy atom. The maximum atomic E-state index is 4.53. The molecule has 0 saturated carbocycles. The lowest BCUT2D eigenvalue weighted by Gasteiger charge is -2.09. The van der Waals surface area contributed by atoms with Gasteiger partial charge in [0.15, 0.2) is 0 Å². The number of aryl methyl sites for hydroxylation is 2. The van der Waals surface area contributed by atoms with E-state index in [1.165, 1.54) is 11.1 Å². The molecular formula is C12H17N3. The number of imidazole rings is 1. The molecule has 1 aromatic carbocycles. The first-order chi connectivity index (χ1) is 7.13. The van der Waals surface area contributed by atoms with Gasteiger partial charge < -0.3 is 9.88 Å². The van der Waals surface area contributed by atoms with Crippen LogP contribution in [0.15, 0.2) is 18.2 Å². The molecule has 1 heterocycles. The molecule has 0 bridgehead atoms. The number of rotatable bonds is 2. The lowest BCUT2D eigenvalue weighted by Crippen LogP contribution is -2.11. The highest BCUT2D eigenvalue weighted by Gasteiger charge is 2.07. The van der Waals surface area contributed by atoms with Crippen molar-refractivity contribution in [2.75, 3.05) is 7.05 Å². The summed E-state index contributed by atoms with van der Waals surface area (Å²) in [5.74, 6) is 1.05. The Hall–Kier alpha value is -1.35. The third-order valence-corrected chi connectivity index (χ3v) is 3.06. The topological polar surface area (TPSA) is 29.9 Å². The van der Waals surface area contributed by atoms with Crippen molar-refractivity contribution in [3.8, 4) is 0 Å². The zero-order valence-corrected chi connectivity index (χ0v) is 9.70. The fraction of sp³-hybridized carbons (Fsp3) is 0.417. The Labute approximate surface area is 90.1 Å². The average molecular weight is 203 g/mol. The second-order valence-corrected chi connectivity index (χ2v) is 3.98. The van der Waals surface area contributed by atoms with Gasteiger partial charge in [0.25, 0.3) is 0 Å². The normalized spacial score (nSPS) is 13.3. The van der Waals surface area contributed by atoms with Crippen molar-refractivity contribution in [2.24, 2.45) is 7.05 Å². The molecular weight excluding hydrogens is 186 g/mol. The van der Waals surface area contributed by atoms with E-state index in [4.69, 9.17) is 0 Å². The predicted octanol–water partition coefficient (Wildman–Crippen LogP) is 2.16. The molecule has 0 radical (unpaired) electrons. The Morgan fingerprint density at radius 3 is 2.80 bits per heavy atom. The van der Waals surface area contributed by atoms with E-state index in [1.807, 2.05) is 21.0 Å². The minimum absolute atomic E-state index is 0.372. The molecule has 2 aromatic rings. The highest BCUT2D eigenvalue weighted by atomic mass is 15.0. The molecule has 0 aliphatic carbocycles. The Morgan fingerprint density at radius 2 is 2.13 bits per heavy atom. The van der Waals surface area contributed by atoms with Gasteiger partial charge in [-0.05, 0) is 38.6 Å². The number of hydrogen-bond acceptors (Lipinski definition) is 2. The number of aromatic nitrogens is 2. The number of nitrogens with zero attached hydrogens (tertiary/aromatic N) is 2. The van der Waals surface area contributed by atoms with Crippen molar-refractivity contribution in [2.45, 2.75) is 19.9 Å². The molecule has 2 rings (SSSR count). The first-order valence-corrected chi connectivity index (χ1v) is 5.23. The third-order valence-electron chi connectivity index (χ3n) is 3.06. The SMILES string of the molecule is CNC(C)c1ccc2c(c1)nc(C)n2C. The van der Waals surface area contributed by atoms with Gasteiger partial charge in [0, 0.05) is 13.1 Å². The largest absolute Gasteiger partial charge is 0.331 e. The quantitative estimate of drug-likeness (QED) is 0.810. The van der Waals surface area contributed by atoms with Crippen molar-refractivity contribution in [3.05, 3.63) is 29.6 Å². The summed E-state index contributed by atoms with van der Waals surface area (Å²) in [6.07, 6.45) is 0. The van der Waals surface area contributed by atoms with Gasteiger partial charge >= 0.3 is 0 Å². The molecule has 0 amide bonds. The number of benzene rings is 1. The Balaban J connectivity index is 2.57. The summed E-state index contributed by atoms with van der Waals surface area (Å²) < 4.78 is 2.11. The van der Waals surface area contributed by atoms with Gasteiger partial charge in [-0.2, -0.15) is 0 Å². The van der Waals surface area contributed by atoms with Crippen molar-refractivity contribution in [1.82, 2.24) is 14.9 Å². The number of nitrogens with one attached hydrogen (secondary N) is 1. The summed E-state index contributed by atoms with van der Waals surface area (Å²) in [6.45, 7) is 4.18. The molecule has 80 valence electrons. The van der Waals surface area contributed by atoms with Crippen LogP contribution < -0.4 is 5.32 Å². The minimum Gasteiger partial charge on any atom is -0.331 e. The molecule has 1 aromatic heterocycles. The van der Waals surface area contributed by atoms with E-state index in [9.17, 15) is 0 Å². The second-order valence-electron chi connectivity index (χ2n) is 3.98. The molecule has 1 N–H and O–H groups in total. The summed E-state index contributed by atoms with van der Waals surface area (Å²) in [5, 5.41) is 3.23. The first-order valence-electron chi connectivity index (χ1n) is 5.23. The van der Waals surface area contributed by atoms with Gasteiger partial charge in [-0.25, -0.2) is 4.98 Å². The van der Waals surface area contributed by atoms with Crippen LogP contribution in [0.5, 0.6) is 0 Å². The molecule has 0 spiro atoms. The molecule has 3 nitrogen and oxygen atoms in total. The van der Waals surface area contributed by atoms with E-state index in [-0.39, 0.29) is 0 Å². The fourth-order valence-corrected chi connectivity index (χ4v) is 1.77. The molecule has 1 atom stereocenters. The van der Waals surface area contributed by atoms with Gasteiger partial charge in [-0.15, -0.1) is 0 Å². The van der Waals surface area contributed by atoms with Crippen molar-refractivity contribution < 1.29 is 0 Å². The lowest BCUT2D eigenvalue weighted by atomic mass is 10.1. The first kappa shape index (κ1) is 10.2. The van der Waals surface area contributed by atoms with E-state index in [2.05, 4.69) is 40.0 Å². The Bertz CT molecular complexity index is 485. The standard InChI is InChI=1S/C12H17N3/c1-8(13-3)10-5-6-12-11(7-10)14-9(2)15(12)4/h5-8,13H,1-4H3. The summed E-state index contributed by atoms with van der Waals surface area (Å²) >= 11 is 0. The van der Waals surface area contributed by atoms with Gasteiger partial charge in [-0.3, -0.25) is 0 Å². The third kappa shape index (κ3) is 1.63. The molecule has 0 aliphatic rings. The molecule has 0 fully saturated rings. The van der Waals surface area contributed by atoms with Gasteiger partial charge in [0.2, 0.25) is 0 Å². The van der Waals surface area contributed by atoms with E-state index >= 15 is 0 Å². The number of hydrogen-bond donors (Lipinski definition) is 1. The van der Waals surface area contributed by atoms with Crippen LogP contribution in [0.2, 0.25) is 0 Å². The van der Waals surface area contributed by atoms with Crippen molar-refractivity contribution >= 4 is 11.0 Å². The fourth-order valence-electron chi connectivity index (χ4n) is 1.77. The Kier molecular flexibility index (Phi) is 2.49. The van der Waals surface area contributed by atoms with Crippen molar-refractivity contribution in [3.63, 3.8) is 0 Å². The maximum Gasteiger partial charge on any atom is 0.106 e. The van der Waals surface area contributed by atoms with Crippen LogP contribution in [0, 0.1) is 6.92 Å². The lowest BCUT2D eigenvalue weighted by molar-refractivity contribution is 0.653. The highest BCUT2D eigenvalue weighted by molar-refractivity contribution is 5.76. The molecule has 0 saturated heterocycles. The van der Waals surface area contributed by atoms with E-state index in [0.717, 1.165) is 11.3 Å². The molecule has 0 aliphatic heterocycles. The van der Waals surface area contributed by atoms with Crippen molar-refractivity contribution in [1.29, 1.82) is 0 Å². The summed E-state index contributed by atoms with van der Waals surface area (Å²) in [5.41, 5.74) is 3.55. The summed E-state index contributed by atoms with van der Waals surface area (Å²) in [7, 11) is 4.02. The molecule has 15 heavy (non-hydrogen) atoms. The minimum atomic E-state index is 0.372. The molecule has 3 heteroatoms. The van der Waals surface area contributed by atoms with E-state index in [1.54, 1.807) is 0 Å². The van der Waals surface area contributed by atoms with Crippen LogP contribution in [0.1, 0.15) is 24.4 Å². The van der Waals surface area contributed by atoms with Gasteiger partial charge in [-0.1, -0.05) is 6.07 Å². The maximum absolute atomic E-state index is 4.53. The summed E-state index contributed by atoms with van der Waals surface area (Å²) in [4.78, 5) is 4.53. The zero-order valence-electron chi connectivity index (χ0n) is 9.70. The zero-order chi connectivity index (χ0) is 11.0. The van der Waals surface area contributed by atoms with Crippen LogP contribution in [0.3, 0.4) is 0 Å². The molecule has 1 unspecified atom stereocenters. The average Bonchev–Trinajstić information content (AvgIpc) is 2.53. The van der Waals surface area contributed by atoms with Crippen LogP contribution in [-0.2, 0) is 7.05 Å². The van der Waals surface area contributed by atoms with Crippen LogP contribution in [0.4, 0.5) is 0 Å². The summed E-state index contributed by atoms with van der Waals surface area (Å²) in [6, 6.07) is 6.82. The van der Waals surface area contributed by atoms with E-state index in [0.29, 0.717) is 6.04 Å². The smallest absolute Gasteiger partial charge is 0.106 e. The number of fused-ring (bicyclic) bond motifs is 1. The second kappa shape index (κ2) is 3.66. The highest BCUT2D eigenvalue weighted by Crippen LogP contribution is 2.20. The monoisotopic (exact) mass is 203 g/mol. The van der Waals surface area contributed by atoms with Crippen LogP contribution in [-0.4, -0.2) is 16.6 Å². The van der Waals surface area contributed by atoms with Gasteiger partial charge in [0.1, 0.15) is 5.82 Å². The van der Waals surface area contributed by atoms with Gasteiger partial charge in [0.05, 0.1) is 11.0 Å². The van der Waals surface area contributed by atoms with E-state index < -0.39 is 0 Å². The predicted molar refractivity (Wildman–Crippen MR) is 62.9 cm³/mol. The van der Waals surface area contributed by atoms with Crippen LogP contribution in [0.25, 0.3) is 11.0 Å².